The number of hydrogen-bond acceptors (Lipinski definition) is 2. The fourth-order valence-corrected chi connectivity index (χ4v) is 2.00. The molecule has 0 aliphatic heterocycles. The van der Waals surface area contributed by atoms with Crippen LogP contribution in [0.2, 0.25) is 0 Å². The average molecular weight is 270 g/mol. The molecule has 19 heavy (non-hydrogen) atoms. The summed E-state index contributed by atoms with van der Waals surface area (Å²) in [5.74, 6) is 0.231. The van der Waals surface area contributed by atoms with Crippen molar-refractivity contribution in [3.05, 3.63) is 0 Å². The predicted octanol–water partition coefficient (Wildman–Crippen LogP) is 3.63. The van der Waals surface area contributed by atoms with Gasteiger partial charge in [-0.15, -0.1) is 0 Å². The number of unbranched alkanes of at least 4 members (excludes halogenated alkanes) is 6. The van der Waals surface area contributed by atoms with E-state index in [1.54, 1.807) is 0 Å². The van der Waals surface area contributed by atoms with Gasteiger partial charge in [-0.1, -0.05) is 52.9 Å². The van der Waals surface area contributed by atoms with E-state index >= 15 is 0 Å². The fourth-order valence-electron chi connectivity index (χ4n) is 2.00. The molecule has 0 heterocycles. The molecule has 3 heteroatoms. The number of amides is 1. The Labute approximate surface area is 119 Å². The highest BCUT2D eigenvalue weighted by atomic mass is 16.1. The molecule has 0 radical (unpaired) electrons. The summed E-state index contributed by atoms with van der Waals surface area (Å²) in [6, 6.07) is 0.603. The van der Waals surface area contributed by atoms with Gasteiger partial charge in [-0.25, -0.2) is 0 Å². The Bertz CT molecular complexity index is 205. The van der Waals surface area contributed by atoms with Crippen molar-refractivity contribution in [1.82, 2.24) is 10.6 Å². The van der Waals surface area contributed by atoms with Crippen LogP contribution in [0, 0.1) is 0 Å². The second-order valence-corrected chi connectivity index (χ2v) is 5.68. The fraction of sp³-hybridized carbons (Fsp3) is 0.938. The van der Waals surface area contributed by atoms with Gasteiger partial charge in [-0.2, -0.15) is 0 Å². The number of nitrogens with one attached hydrogen (secondary N) is 2. The standard InChI is InChI=1S/C16H34N2O/c1-4-5-13-18-16(19)12-10-8-6-7-9-11-14-17-15(2)3/h15,17H,4-14H2,1-3H3,(H,18,19). The second kappa shape index (κ2) is 13.9. The van der Waals surface area contributed by atoms with E-state index in [9.17, 15) is 4.79 Å². The van der Waals surface area contributed by atoms with Crippen LogP contribution in [0.5, 0.6) is 0 Å². The minimum Gasteiger partial charge on any atom is -0.356 e. The van der Waals surface area contributed by atoms with Crippen molar-refractivity contribution < 1.29 is 4.79 Å². The first kappa shape index (κ1) is 18.4. The maximum Gasteiger partial charge on any atom is 0.219 e. The van der Waals surface area contributed by atoms with Crippen LogP contribution in [-0.4, -0.2) is 25.0 Å². The largest absolute Gasteiger partial charge is 0.356 e. The lowest BCUT2D eigenvalue weighted by Gasteiger charge is -2.07. The van der Waals surface area contributed by atoms with Gasteiger partial charge in [0.25, 0.3) is 0 Å². The molecule has 3 nitrogen and oxygen atoms in total. The van der Waals surface area contributed by atoms with E-state index in [2.05, 4.69) is 31.4 Å². The van der Waals surface area contributed by atoms with Gasteiger partial charge >= 0.3 is 0 Å². The highest BCUT2D eigenvalue weighted by Crippen LogP contribution is 2.07. The van der Waals surface area contributed by atoms with Gasteiger partial charge < -0.3 is 10.6 Å². The van der Waals surface area contributed by atoms with Gasteiger partial charge in [0.05, 0.1) is 0 Å². The van der Waals surface area contributed by atoms with E-state index in [1.807, 2.05) is 0 Å². The Kier molecular flexibility index (Phi) is 13.4. The van der Waals surface area contributed by atoms with Crippen molar-refractivity contribution in [3.63, 3.8) is 0 Å². The van der Waals surface area contributed by atoms with Crippen molar-refractivity contribution in [2.45, 2.75) is 84.6 Å². The lowest BCUT2D eigenvalue weighted by Crippen LogP contribution is -2.23. The number of rotatable bonds is 13. The van der Waals surface area contributed by atoms with Crippen molar-refractivity contribution >= 4 is 5.91 Å². The van der Waals surface area contributed by atoms with Crippen LogP contribution >= 0.6 is 0 Å². The quantitative estimate of drug-likeness (QED) is 0.502. The average Bonchev–Trinajstić information content (AvgIpc) is 2.36. The zero-order chi connectivity index (χ0) is 14.3. The Hall–Kier alpha value is -0.570. The first-order valence-corrected chi connectivity index (χ1v) is 8.17. The van der Waals surface area contributed by atoms with E-state index in [1.165, 1.54) is 32.1 Å². The molecule has 0 aliphatic carbocycles. The summed E-state index contributed by atoms with van der Waals surface area (Å²) in [6.45, 7) is 8.50. The molecular formula is C16H34N2O. The Morgan fingerprint density at radius 1 is 0.895 bits per heavy atom. The van der Waals surface area contributed by atoms with E-state index in [-0.39, 0.29) is 5.91 Å². The zero-order valence-electron chi connectivity index (χ0n) is 13.3. The van der Waals surface area contributed by atoms with E-state index in [4.69, 9.17) is 0 Å². The van der Waals surface area contributed by atoms with Crippen LogP contribution in [0.15, 0.2) is 0 Å². The van der Waals surface area contributed by atoms with Crippen molar-refractivity contribution in [1.29, 1.82) is 0 Å². The summed E-state index contributed by atoms with van der Waals surface area (Å²) in [4.78, 5) is 11.4. The van der Waals surface area contributed by atoms with Crippen LogP contribution in [0.4, 0.5) is 0 Å². The Morgan fingerprint density at radius 3 is 2.16 bits per heavy atom. The van der Waals surface area contributed by atoms with Crippen LogP contribution < -0.4 is 10.6 Å². The maximum absolute atomic E-state index is 11.4. The summed E-state index contributed by atoms with van der Waals surface area (Å²) < 4.78 is 0. The third-order valence-electron chi connectivity index (χ3n) is 3.24. The Balaban J connectivity index is 3.11. The molecule has 114 valence electrons. The van der Waals surface area contributed by atoms with Crippen molar-refractivity contribution in [2.75, 3.05) is 13.1 Å². The molecule has 0 saturated heterocycles. The number of carbonyl (C=O) groups is 1. The summed E-state index contributed by atoms with van der Waals surface area (Å²) in [5, 5.41) is 6.40. The Morgan fingerprint density at radius 2 is 1.53 bits per heavy atom. The van der Waals surface area contributed by atoms with Crippen LogP contribution in [0.25, 0.3) is 0 Å². The van der Waals surface area contributed by atoms with Crippen molar-refractivity contribution in [3.8, 4) is 0 Å². The molecule has 0 aliphatic rings. The molecular weight excluding hydrogens is 236 g/mol. The van der Waals surface area contributed by atoms with Gasteiger partial charge in [0.15, 0.2) is 0 Å². The molecule has 1 amide bonds. The van der Waals surface area contributed by atoms with Crippen LogP contribution in [0.3, 0.4) is 0 Å². The highest BCUT2D eigenvalue weighted by Gasteiger charge is 1.99. The molecule has 0 saturated carbocycles. The molecule has 0 aromatic heterocycles. The predicted molar refractivity (Wildman–Crippen MR) is 83.4 cm³/mol. The first-order valence-electron chi connectivity index (χ1n) is 8.17. The minimum absolute atomic E-state index is 0.231. The first-order chi connectivity index (χ1) is 9.16. The molecule has 0 aromatic carbocycles. The summed E-state index contributed by atoms with van der Waals surface area (Å²) in [5.41, 5.74) is 0. The number of hydrogen-bond donors (Lipinski definition) is 2. The smallest absolute Gasteiger partial charge is 0.219 e. The van der Waals surface area contributed by atoms with Crippen molar-refractivity contribution in [2.24, 2.45) is 0 Å². The third-order valence-corrected chi connectivity index (χ3v) is 3.24. The molecule has 0 unspecified atom stereocenters. The lowest BCUT2D eigenvalue weighted by atomic mass is 10.1. The summed E-state index contributed by atoms with van der Waals surface area (Å²) in [7, 11) is 0. The molecule has 0 atom stereocenters. The van der Waals surface area contributed by atoms with Gasteiger partial charge in [-0.05, 0) is 25.8 Å². The SMILES string of the molecule is CCCCNC(=O)CCCCCCCCNC(C)C. The van der Waals surface area contributed by atoms with Crippen LogP contribution in [-0.2, 0) is 4.79 Å². The van der Waals surface area contributed by atoms with E-state index in [0.717, 1.165) is 32.4 Å². The lowest BCUT2D eigenvalue weighted by molar-refractivity contribution is -0.121. The molecule has 0 fully saturated rings. The van der Waals surface area contributed by atoms with Gasteiger partial charge in [-0.3, -0.25) is 4.79 Å². The van der Waals surface area contributed by atoms with E-state index < -0.39 is 0 Å². The van der Waals surface area contributed by atoms with Gasteiger partial charge in [0, 0.05) is 19.0 Å². The molecule has 0 spiro atoms. The third kappa shape index (κ3) is 15.4. The number of carbonyl (C=O) groups excluding carboxylic acids is 1. The summed E-state index contributed by atoms with van der Waals surface area (Å²) >= 11 is 0. The van der Waals surface area contributed by atoms with Gasteiger partial charge in [0.2, 0.25) is 5.91 Å². The zero-order valence-corrected chi connectivity index (χ0v) is 13.3. The molecule has 0 rings (SSSR count). The minimum atomic E-state index is 0.231. The molecule has 0 bridgehead atoms. The van der Waals surface area contributed by atoms with Crippen LogP contribution in [0.1, 0.15) is 78.6 Å². The monoisotopic (exact) mass is 270 g/mol. The molecule has 0 aromatic rings. The highest BCUT2D eigenvalue weighted by molar-refractivity contribution is 5.75. The topological polar surface area (TPSA) is 41.1 Å². The maximum atomic E-state index is 11.4. The second-order valence-electron chi connectivity index (χ2n) is 5.68. The normalized spacial score (nSPS) is 10.9. The molecule has 2 N–H and O–H groups in total. The summed E-state index contributed by atoms with van der Waals surface area (Å²) in [6.07, 6.45) is 10.3. The van der Waals surface area contributed by atoms with Gasteiger partial charge in [0.1, 0.15) is 0 Å². The van der Waals surface area contributed by atoms with E-state index in [0.29, 0.717) is 12.5 Å².